The highest BCUT2D eigenvalue weighted by molar-refractivity contribution is 6.30. The van der Waals surface area contributed by atoms with Crippen LogP contribution in [-0.4, -0.2) is 73.3 Å². The Morgan fingerprint density at radius 2 is 1.70 bits per heavy atom. The Morgan fingerprint density at radius 3 is 2.40 bits per heavy atom. The van der Waals surface area contributed by atoms with E-state index in [2.05, 4.69) is 14.8 Å². The lowest BCUT2D eigenvalue weighted by atomic mass is 10.2. The van der Waals surface area contributed by atoms with Crippen LogP contribution >= 0.6 is 11.6 Å². The average Bonchev–Trinajstić information content (AvgIpc) is 2.79. The van der Waals surface area contributed by atoms with E-state index in [1.54, 1.807) is 6.08 Å². The molecule has 0 radical (unpaired) electrons. The third-order valence-electron chi connectivity index (χ3n) is 5.33. The number of nitrogens with zero attached hydrogens (tertiary/aromatic N) is 5. The largest absolute Gasteiger partial charge is 0.378 e. The lowest BCUT2D eigenvalue weighted by Crippen LogP contribution is -2.48. The molecule has 158 valence electrons. The lowest BCUT2D eigenvalue weighted by molar-refractivity contribution is -0.126. The summed E-state index contributed by atoms with van der Waals surface area (Å²) in [7, 11) is 0. The number of anilines is 2. The second-order valence-electron chi connectivity index (χ2n) is 7.46. The number of halogens is 1. The van der Waals surface area contributed by atoms with Gasteiger partial charge in [0.25, 0.3) is 0 Å². The normalized spacial score (nSPS) is 17.6. The number of hydrogen-bond donors (Lipinski definition) is 0. The summed E-state index contributed by atoms with van der Waals surface area (Å²) in [4.78, 5) is 28.2. The van der Waals surface area contributed by atoms with Crippen molar-refractivity contribution >= 4 is 35.4 Å². The number of aryl methyl sites for hydroxylation is 1. The molecule has 0 bridgehead atoms. The van der Waals surface area contributed by atoms with Gasteiger partial charge in [0.1, 0.15) is 5.82 Å². The number of benzene rings is 1. The van der Waals surface area contributed by atoms with Crippen molar-refractivity contribution < 1.29 is 9.53 Å². The molecular formula is C22H26ClN5O2. The molecule has 0 atom stereocenters. The molecule has 2 aromatic rings. The first-order valence-electron chi connectivity index (χ1n) is 10.2. The highest BCUT2D eigenvalue weighted by atomic mass is 35.5. The Balaban J connectivity index is 1.36. The zero-order valence-electron chi connectivity index (χ0n) is 17.1. The molecule has 1 aromatic heterocycles. The summed E-state index contributed by atoms with van der Waals surface area (Å²) >= 11 is 5.90. The number of piperazine rings is 1. The van der Waals surface area contributed by atoms with Gasteiger partial charge in [-0.15, -0.1) is 0 Å². The van der Waals surface area contributed by atoms with E-state index in [9.17, 15) is 4.79 Å². The zero-order chi connectivity index (χ0) is 20.9. The number of rotatable bonds is 4. The van der Waals surface area contributed by atoms with Gasteiger partial charge in [-0.05, 0) is 30.7 Å². The lowest BCUT2D eigenvalue weighted by Gasteiger charge is -2.35. The molecule has 4 rings (SSSR count). The number of amides is 1. The first-order chi connectivity index (χ1) is 14.6. The average molecular weight is 428 g/mol. The summed E-state index contributed by atoms with van der Waals surface area (Å²) in [6.45, 7) is 7.86. The van der Waals surface area contributed by atoms with E-state index < -0.39 is 0 Å². The molecule has 0 unspecified atom stereocenters. The fourth-order valence-corrected chi connectivity index (χ4v) is 3.73. The molecular weight excluding hydrogens is 402 g/mol. The topological polar surface area (TPSA) is 61.8 Å². The summed E-state index contributed by atoms with van der Waals surface area (Å²) in [5.41, 5.74) is 1.91. The Morgan fingerprint density at radius 1 is 1.00 bits per heavy atom. The number of hydrogen-bond acceptors (Lipinski definition) is 6. The molecule has 2 aliphatic heterocycles. The maximum absolute atomic E-state index is 12.5. The van der Waals surface area contributed by atoms with E-state index in [0.717, 1.165) is 49.2 Å². The Kier molecular flexibility index (Phi) is 6.50. The van der Waals surface area contributed by atoms with Gasteiger partial charge in [0, 0.05) is 62.1 Å². The quantitative estimate of drug-likeness (QED) is 0.699. The van der Waals surface area contributed by atoms with Crippen LogP contribution in [0.15, 0.2) is 36.4 Å². The number of carbonyl (C=O) groups excluding carboxylic acids is 1. The molecule has 2 aliphatic rings. The fraction of sp³-hybridized carbons (Fsp3) is 0.409. The third-order valence-corrected chi connectivity index (χ3v) is 5.58. The van der Waals surface area contributed by atoms with Gasteiger partial charge >= 0.3 is 0 Å². The van der Waals surface area contributed by atoms with Crippen molar-refractivity contribution in [2.75, 3.05) is 62.3 Å². The minimum Gasteiger partial charge on any atom is -0.378 e. The summed E-state index contributed by atoms with van der Waals surface area (Å²) in [6, 6.07) is 9.45. The summed E-state index contributed by atoms with van der Waals surface area (Å²) < 4.78 is 5.43. The van der Waals surface area contributed by atoms with E-state index in [1.807, 2.05) is 48.2 Å². The smallest absolute Gasteiger partial charge is 0.246 e. The maximum Gasteiger partial charge on any atom is 0.246 e. The van der Waals surface area contributed by atoms with Gasteiger partial charge in [-0.25, -0.2) is 4.98 Å². The standard InChI is InChI=1S/C22H26ClN5O2/c1-17-16-20(25-22(24-17)28-12-14-30-15-13-28)26-8-10-27(11-9-26)21(29)7-4-18-2-5-19(23)6-3-18/h2-7,16H,8-15H2,1H3/b7-4+. The molecule has 0 saturated carbocycles. The van der Waals surface area contributed by atoms with Crippen molar-refractivity contribution in [1.29, 1.82) is 0 Å². The molecule has 0 spiro atoms. The van der Waals surface area contributed by atoms with E-state index in [-0.39, 0.29) is 5.91 Å². The van der Waals surface area contributed by atoms with Crippen LogP contribution in [-0.2, 0) is 9.53 Å². The van der Waals surface area contributed by atoms with Crippen LogP contribution < -0.4 is 9.80 Å². The molecule has 0 aliphatic carbocycles. The molecule has 2 fully saturated rings. The predicted molar refractivity (Wildman–Crippen MR) is 119 cm³/mol. The first kappa shape index (κ1) is 20.6. The summed E-state index contributed by atoms with van der Waals surface area (Å²) in [6.07, 6.45) is 3.46. The molecule has 30 heavy (non-hydrogen) atoms. The van der Waals surface area contributed by atoms with Crippen LogP contribution in [0.2, 0.25) is 5.02 Å². The SMILES string of the molecule is Cc1cc(N2CCN(C(=O)/C=C/c3ccc(Cl)cc3)CC2)nc(N2CCOCC2)n1. The van der Waals surface area contributed by atoms with Crippen molar-refractivity contribution in [1.82, 2.24) is 14.9 Å². The second kappa shape index (κ2) is 9.45. The highest BCUT2D eigenvalue weighted by Crippen LogP contribution is 2.20. The van der Waals surface area contributed by atoms with Gasteiger partial charge in [-0.2, -0.15) is 4.98 Å². The fourth-order valence-electron chi connectivity index (χ4n) is 3.61. The maximum atomic E-state index is 12.5. The predicted octanol–water partition coefficient (Wildman–Crippen LogP) is 2.64. The summed E-state index contributed by atoms with van der Waals surface area (Å²) in [5.74, 6) is 1.71. The van der Waals surface area contributed by atoms with Crippen LogP contribution in [0.3, 0.4) is 0 Å². The van der Waals surface area contributed by atoms with Crippen molar-refractivity contribution in [3.05, 3.63) is 52.7 Å². The number of aromatic nitrogens is 2. The van der Waals surface area contributed by atoms with Crippen LogP contribution in [0.25, 0.3) is 6.08 Å². The van der Waals surface area contributed by atoms with Gasteiger partial charge < -0.3 is 19.4 Å². The Labute approximate surface area is 181 Å². The molecule has 1 amide bonds. The summed E-state index contributed by atoms with van der Waals surface area (Å²) in [5, 5.41) is 0.686. The van der Waals surface area contributed by atoms with Crippen molar-refractivity contribution in [2.45, 2.75) is 6.92 Å². The van der Waals surface area contributed by atoms with Crippen molar-refractivity contribution in [2.24, 2.45) is 0 Å². The number of ether oxygens (including phenoxy) is 1. The van der Waals surface area contributed by atoms with Crippen molar-refractivity contribution in [3.8, 4) is 0 Å². The molecule has 2 saturated heterocycles. The van der Waals surface area contributed by atoms with E-state index in [1.165, 1.54) is 0 Å². The third kappa shape index (κ3) is 5.09. The van der Waals surface area contributed by atoms with Crippen LogP contribution in [0.1, 0.15) is 11.3 Å². The molecule has 8 heteroatoms. The van der Waals surface area contributed by atoms with E-state index in [4.69, 9.17) is 21.3 Å². The van der Waals surface area contributed by atoms with Crippen molar-refractivity contribution in [3.63, 3.8) is 0 Å². The monoisotopic (exact) mass is 427 g/mol. The molecule has 1 aromatic carbocycles. The van der Waals surface area contributed by atoms with Gasteiger partial charge in [0.2, 0.25) is 11.9 Å². The Bertz CT molecular complexity index is 904. The van der Waals surface area contributed by atoms with Crippen LogP contribution in [0.4, 0.5) is 11.8 Å². The molecule has 7 nitrogen and oxygen atoms in total. The van der Waals surface area contributed by atoms with E-state index >= 15 is 0 Å². The molecule has 3 heterocycles. The second-order valence-corrected chi connectivity index (χ2v) is 7.90. The first-order valence-corrected chi connectivity index (χ1v) is 10.6. The van der Waals surface area contributed by atoms with Crippen LogP contribution in [0, 0.1) is 6.92 Å². The minimum absolute atomic E-state index is 0.0254. The van der Waals surface area contributed by atoms with Crippen LogP contribution in [0.5, 0.6) is 0 Å². The molecule has 0 N–H and O–H groups in total. The van der Waals surface area contributed by atoms with Gasteiger partial charge in [-0.3, -0.25) is 4.79 Å². The van der Waals surface area contributed by atoms with Gasteiger partial charge in [0.05, 0.1) is 13.2 Å². The van der Waals surface area contributed by atoms with Gasteiger partial charge in [-0.1, -0.05) is 23.7 Å². The van der Waals surface area contributed by atoms with Gasteiger partial charge in [0.15, 0.2) is 0 Å². The number of morpholine rings is 1. The van der Waals surface area contributed by atoms with E-state index in [0.29, 0.717) is 31.3 Å². The Hall–Kier alpha value is -2.64. The minimum atomic E-state index is 0.0254. The number of carbonyl (C=O) groups is 1. The zero-order valence-corrected chi connectivity index (χ0v) is 17.9. The highest BCUT2D eigenvalue weighted by Gasteiger charge is 2.22.